The first kappa shape index (κ1) is 22.1. The number of unbranched alkanes of at least 4 members (excludes halogenated alkanes) is 3. The zero-order chi connectivity index (χ0) is 18.9. The molecule has 0 radical (unpaired) electrons. The summed E-state index contributed by atoms with van der Waals surface area (Å²) < 4.78 is -1.80. The molecular formula is C16H22Cl3N3O2S. The zero-order valence-corrected chi connectivity index (χ0v) is 16.9. The van der Waals surface area contributed by atoms with Crippen LogP contribution in [-0.4, -0.2) is 26.1 Å². The van der Waals surface area contributed by atoms with Crippen molar-refractivity contribution >= 4 is 63.7 Å². The molecule has 4 N–H and O–H groups in total. The SMILES string of the molecule is CCCCCCC(=O)N[C@@H](NC(=S)Nc1ccccc1O)C(Cl)(Cl)Cl. The maximum Gasteiger partial charge on any atom is 0.228 e. The standard InChI is InChI=1S/C16H22Cl3N3O2S/c1-2-3-4-5-10-13(24)21-14(16(17,18)19)22-15(25)20-11-8-6-7-9-12(11)23/h6-9,14,23H,2-5,10H2,1H3,(H,21,24)(H2,20,22,25)/t14-/m0/s1. The van der Waals surface area contributed by atoms with Crippen LogP contribution in [-0.2, 0) is 4.79 Å². The predicted molar refractivity (Wildman–Crippen MR) is 108 cm³/mol. The average Bonchev–Trinajstić information content (AvgIpc) is 2.52. The molecule has 25 heavy (non-hydrogen) atoms. The molecule has 1 amide bonds. The Bertz CT molecular complexity index is 582. The van der Waals surface area contributed by atoms with E-state index in [0.717, 1.165) is 25.7 Å². The van der Waals surface area contributed by atoms with Crippen LogP contribution in [0.5, 0.6) is 5.75 Å². The Kier molecular flexibility index (Phi) is 9.64. The molecule has 0 spiro atoms. The number of anilines is 1. The number of rotatable bonds is 8. The van der Waals surface area contributed by atoms with E-state index in [1.54, 1.807) is 18.2 Å². The van der Waals surface area contributed by atoms with Crippen molar-refractivity contribution in [3.05, 3.63) is 24.3 Å². The van der Waals surface area contributed by atoms with Crippen molar-refractivity contribution in [1.82, 2.24) is 10.6 Å². The van der Waals surface area contributed by atoms with Gasteiger partial charge in [0.25, 0.3) is 0 Å². The summed E-state index contributed by atoms with van der Waals surface area (Å²) in [6.45, 7) is 2.10. The molecule has 0 saturated heterocycles. The number of alkyl halides is 3. The third kappa shape index (κ3) is 8.81. The molecule has 140 valence electrons. The zero-order valence-electron chi connectivity index (χ0n) is 13.8. The second kappa shape index (κ2) is 10.9. The van der Waals surface area contributed by atoms with Crippen LogP contribution in [0.2, 0.25) is 0 Å². The number of benzene rings is 1. The van der Waals surface area contributed by atoms with Gasteiger partial charge in [0, 0.05) is 6.42 Å². The van der Waals surface area contributed by atoms with Gasteiger partial charge < -0.3 is 21.1 Å². The van der Waals surface area contributed by atoms with Crippen molar-refractivity contribution in [3.63, 3.8) is 0 Å². The number of hydrogen-bond donors (Lipinski definition) is 4. The third-order valence-electron chi connectivity index (χ3n) is 3.32. The van der Waals surface area contributed by atoms with Crippen molar-refractivity contribution in [2.75, 3.05) is 5.32 Å². The first-order valence-corrected chi connectivity index (χ1v) is 9.49. The van der Waals surface area contributed by atoms with E-state index < -0.39 is 9.96 Å². The molecule has 0 bridgehead atoms. The normalized spacial score (nSPS) is 12.3. The van der Waals surface area contributed by atoms with E-state index in [9.17, 15) is 9.90 Å². The summed E-state index contributed by atoms with van der Waals surface area (Å²) in [5.41, 5.74) is 0.397. The largest absolute Gasteiger partial charge is 0.506 e. The van der Waals surface area contributed by atoms with Crippen LogP contribution in [0.4, 0.5) is 5.69 Å². The molecule has 0 aliphatic carbocycles. The second-order valence-electron chi connectivity index (χ2n) is 5.47. The summed E-state index contributed by atoms with van der Waals surface area (Å²) in [5, 5.41) is 18.0. The highest BCUT2D eigenvalue weighted by atomic mass is 35.6. The molecule has 0 aromatic heterocycles. The maximum atomic E-state index is 12.0. The van der Waals surface area contributed by atoms with Crippen molar-refractivity contribution in [3.8, 4) is 5.75 Å². The number of phenolic OH excluding ortho intramolecular Hbond substituents is 1. The molecule has 1 aromatic carbocycles. The van der Waals surface area contributed by atoms with E-state index in [4.69, 9.17) is 47.0 Å². The number of thiocarbonyl (C=S) groups is 1. The van der Waals surface area contributed by atoms with Gasteiger partial charge in [0.05, 0.1) is 5.69 Å². The highest BCUT2D eigenvalue weighted by Crippen LogP contribution is 2.29. The Balaban J connectivity index is 2.59. The van der Waals surface area contributed by atoms with Crippen LogP contribution in [0.3, 0.4) is 0 Å². The molecule has 5 nitrogen and oxygen atoms in total. The van der Waals surface area contributed by atoms with Gasteiger partial charge in [0.2, 0.25) is 9.70 Å². The van der Waals surface area contributed by atoms with Crippen molar-refractivity contribution in [2.45, 2.75) is 49.0 Å². The van der Waals surface area contributed by atoms with Gasteiger partial charge in [-0.15, -0.1) is 0 Å². The first-order chi connectivity index (χ1) is 11.7. The lowest BCUT2D eigenvalue weighted by Gasteiger charge is -2.28. The number of para-hydroxylation sites is 2. The summed E-state index contributed by atoms with van der Waals surface area (Å²) >= 11 is 22.9. The third-order valence-corrected chi connectivity index (χ3v) is 4.19. The van der Waals surface area contributed by atoms with E-state index in [2.05, 4.69) is 22.9 Å². The van der Waals surface area contributed by atoms with Gasteiger partial charge in [0.15, 0.2) is 5.11 Å². The van der Waals surface area contributed by atoms with E-state index in [1.807, 2.05) is 0 Å². The summed E-state index contributed by atoms with van der Waals surface area (Å²) in [4.78, 5) is 12.0. The lowest BCUT2D eigenvalue weighted by atomic mass is 10.1. The topological polar surface area (TPSA) is 73.4 Å². The molecule has 9 heteroatoms. The molecule has 1 rings (SSSR count). The van der Waals surface area contributed by atoms with E-state index >= 15 is 0 Å². The molecular weight excluding hydrogens is 405 g/mol. The summed E-state index contributed by atoms with van der Waals surface area (Å²) in [5.74, 6) is -0.206. The molecule has 0 aliphatic rings. The Morgan fingerprint density at radius 2 is 1.88 bits per heavy atom. The highest BCUT2D eigenvalue weighted by molar-refractivity contribution is 7.80. The minimum Gasteiger partial charge on any atom is -0.506 e. The minimum absolute atomic E-state index is 0.0250. The van der Waals surface area contributed by atoms with Gasteiger partial charge in [-0.25, -0.2) is 0 Å². The van der Waals surface area contributed by atoms with Gasteiger partial charge in [-0.2, -0.15) is 0 Å². The van der Waals surface area contributed by atoms with Crippen LogP contribution >= 0.6 is 47.0 Å². The molecule has 1 atom stereocenters. The lowest BCUT2D eigenvalue weighted by Crippen LogP contribution is -2.56. The van der Waals surface area contributed by atoms with E-state index in [1.165, 1.54) is 6.07 Å². The second-order valence-corrected chi connectivity index (χ2v) is 8.25. The van der Waals surface area contributed by atoms with Crippen LogP contribution in [0.1, 0.15) is 39.0 Å². The van der Waals surface area contributed by atoms with Crippen LogP contribution in [0, 0.1) is 0 Å². The Morgan fingerprint density at radius 1 is 1.20 bits per heavy atom. The smallest absolute Gasteiger partial charge is 0.228 e. The summed E-state index contributed by atoms with van der Waals surface area (Å²) in [6, 6.07) is 6.56. The monoisotopic (exact) mass is 425 g/mol. The van der Waals surface area contributed by atoms with E-state index in [-0.39, 0.29) is 16.8 Å². The number of carbonyl (C=O) groups excluding carboxylic acids is 1. The van der Waals surface area contributed by atoms with Crippen LogP contribution in [0.15, 0.2) is 24.3 Å². The van der Waals surface area contributed by atoms with Gasteiger partial charge in [0.1, 0.15) is 11.9 Å². The average molecular weight is 427 g/mol. The van der Waals surface area contributed by atoms with Crippen molar-refractivity contribution in [2.24, 2.45) is 0 Å². The Hall–Kier alpha value is -0.950. The first-order valence-electron chi connectivity index (χ1n) is 7.95. The van der Waals surface area contributed by atoms with Gasteiger partial charge in [-0.3, -0.25) is 4.79 Å². The maximum absolute atomic E-state index is 12.0. The van der Waals surface area contributed by atoms with Crippen LogP contribution < -0.4 is 16.0 Å². The number of nitrogens with one attached hydrogen (secondary N) is 3. The van der Waals surface area contributed by atoms with E-state index in [0.29, 0.717) is 12.1 Å². The number of amides is 1. The van der Waals surface area contributed by atoms with Crippen molar-refractivity contribution < 1.29 is 9.90 Å². The molecule has 1 aromatic rings. The number of halogens is 3. The number of phenols is 1. The predicted octanol–water partition coefficient (Wildman–Crippen LogP) is 4.46. The number of carbonyl (C=O) groups is 1. The molecule has 0 unspecified atom stereocenters. The molecule has 0 aliphatic heterocycles. The molecule has 0 fully saturated rings. The summed E-state index contributed by atoms with van der Waals surface area (Å²) in [6.07, 6.45) is 3.25. The fourth-order valence-corrected chi connectivity index (χ4v) is 2.57. The van der Waals surface area contributed by atoms with Gasteiger partial charge in [-0.1, -0.05) is 73.1 Å². The highest BCUT2D eigenvalue weighted by Gasteiger charge is 2.34. The fourth-order valence-electron chi connectivity index (χ4n) is 2.01. The van der Waals surface area contributed by atoms with Gasteiger partial charge >= 0.3 is 0 Å². The van der Waals surface area contributed by atoms with Crippen molar-refractivity contribution in [1.29, 1.82) is 0 Å². The van der Waals surface area contributed by atoms with Crippen LogP contribution in [0.25, 0.3) is 0 Å². The minimum atomic E-state index is -1.80. The van der Waals surface area contributed by atoms with Gasteiger partial charge in [-0.05, 0) is 30.8 Å². The number of aromatic hydroxyl groups is 1. The molecule has 0 heterocycles. The Morgan fingerprint density at radius 3 is 2.48 bits per heavy atom. The Labute approximate surface area is 168 Å². The quantitative estimate of drug-likeness (QED) is 0.162. The number of hydrogen-bond acceptors (Lipinski definition) is 3. The molecule has 0 saturated carbocycles. The summed E-state index contributed by atoms with van der Waals surface area (Å²) in [7, 11) is 0. The fraction of sp³-hybridized carbons (Fsp3) is 0.500. The lowest BCUT2D eigenvalue weighted by molar-refractivity contribution is -0.122.